The highest BCUT2D eigenvalue weighted by molar-refractivity contribution is 6.31. The van der Waals surface area contributed by atoms with Crippen LogP contribution in [0.4, 0.5) is 4.39 Å². The fraction of sp³-hybridized carbons (Fsp3) is 0.111. The van der Waals surface area contributed by atoms with Crippen LogP contribution in [0.15, 0.2) is 18.2 Å². The minimum atomic E-state index is -0.444. The van der Waals surface area contributed by atoms with Crippen LogP contribution >= 0.6 is 11.6 Å². The summed E-state index contributed by atoms with van der Waals surface area (Å²) in [6, 6.07) is 3.97. The molecule has 0 aliphatic rings. The Labute approximate surface area is 80.5 Å². The summed E-state index contributed by atoms with van der Waals surface area (Å²) in [5.74, 6) is -0.846. The van der Waals surface area contributed by atoms with Crippen LogP contribution in [0.1, 0.15) is 12.0 Å². The van der Waals surface area contributed by atoms with Crippen molar-refractivity contribution in [2.75, 3.05) is 0 Å². The highest BCUT2D eigenvalue weighted by atomic mass is 35.5. The van der Waals surface area contributed by atoms with Gasteiger partial charge in [0.1, 0.15) is 5.82 Å². The summed E-state index contributed by atoms with van der Waals surface area (Å²) in [4.78, 5) is 10.4. The fourth-order valence-electron chi connectivity index (χ4n) is 0.878. The number of nitrogens with two attached hydrogens (primary N) is 1. The smallest absolute Gasteiger partial charge is 0.218 e. The van der Waals surface area contributed by atoms with Crippen LogP contribution < -0.4 is 5.73 Å². The molecule has 0 spiro atoms. The molecule has 0 bridgehead atoms. The van der Waals surface area contributed by atoms with Gasteiger partial charge in [0, 0.05) is 17.9 Å². The maximum Gasteiger partial charge on any atom is 0.218 e. The zero-order chi connectivity index (χ0) is 9.84. The second-order valence-corrected chi connectivity index (χ2v) is 2.95. The number of halogens is 2. The molecule has 1 aromatic rings. The van der Waals surface area contributed by atoms with Gasteiger partial charge in [-0.05, 0) is 17.7 Å². The van der Waals surface area contributed by atoms with Crippen molar-refractivity contribution in [3.63, 3.8) is 0 Å². The summed E-state index contributed by atoms with van der Waals surface area (Å²) in [6.07, 6.45) is 1.66. The van der Waals surface area contributed by atoms with Crippen molar-refractivity contribution in [2.45, 2.75) is 6.42 Å². The summed E-state index contributed by atoms with van der Waals surface area (Å²) in [5.41, 5.74) is 5.55. The van der Waals surface area contributed by atoms with Crippen molar-refractivity contribution in [1.29, 1.82) is 0 Å². The molecule has 0 unspecified atom stereocenters. The van der Waals surface area contributed by atoms with Gasteiger partial charge in [0.2, 0.25) is 5.91 Å². The Morgan fingerprint density at radius 2 is 2.31 bits per heavy atom. The van der Waals surface area contributed by atoms with Crippen LogP contribution in [-0.4, -0.2) is 5.91 Å². The average molecular weight is 201 g/mol. The van der Waals surface area contributed by atoms with Gasteiger partial charge in [-0.25, -0.2) is 4.39 Å². The third-order valence-corrected chi connectivity index (χ3v) is 1.81. The lowest BCUT2D eigenvalue weighted by atomic mass is 10.1. The van der Waals surface area contributed by atoms with Crippen molar-refractivity contribution in [3.8, 4) is 0 Å². The van der Waals surface area contributed by atoms with Gasteiger partial charge >= 0.3 is 0 Å². The molecule has 1 aromatic carbocycles. The normalized spacial score (nSPS) is 10.0. The third-order valence-electron chi connectivity index (χ3n) is 1.49. The lowest BCUT2D eigenvalue weighted by Gasteiger charge is -2.01. The number of benzene rings is 1. The Bertz CT molecular complexity index is 327. The first kappa shape index (κ1) is 9.99. The highest BCUT2D eigenvalue weighted by Crippen LogP contribution is 2.19. The van der Waals surface area contributed by atoms with Crippen molar-refractivity contribution in [3.05, 3.63) is 41.0 Å². The molecule has 0 fully saturated rings. The van der Waals surface area contributed by atoms with Gasteiger partial charge in [-0.1, -0.05) is 17.7 Å². The van der Waals surface area contributed by atoms with Crippen molar-refractivity contribution in [1.82, 2.24) is 0 Å². The minimum absolute atomic E-state index is 0.103. The number of rotatable bonds is 3. The molecule has 1 amide bonds. The number of hydrogen-bond donors (Lipinski definition) is 1. The number of carbonyl (C=O) groups is 1. The molecular weight excluding hydrogens is 193 g/mol. The van der Waals surface area contributed by atoms with Crippen LogP contribution in [0, 0.1) is 12.2 Å². The van der Waals surface area contributed by atoms with E-state index in [0.717, 1.165) is 0 Å². The molecule has 0 saturated heterocycles. The predicted molar refractivity (Wildman–Crippen MR) is 48.6 cm³/mol. The monoisotopic (exact) mass is 200 g/mol. The summed E-state index contributed by atoms with van der Waals surface area (Å²) in [5, 5.41) is 0.279. The standard InChI is InChI=1S/C9H8ClFNO/c10-8-5-7(11)3-1-6(8)2-4-9(12)13/h1-3,5H,4H2,(H2,12,13). The van der Waals surface area contributed by atoms with Gasteiger partial charge in [0.05, 0.1) is 0 Å². The molecule has 2 nitrogen and oxygen atoms in total. The Morgan fingerprint density at radius 3 is 2.85 bits per heavy atom. The fourth-order valence-corrected chi connectivity index (χ4v) is 1.12. The first-order valence-electron chi connectivity index (χ1n) is 3.66. The molecule has 13 heavy (non-hydrogen) atoms. The quantitative estimate of drug-likeness (QED) is 0.796. The summed E-state index contributed by atoms with van der Waals surface area (Å²) >= 11 is 5.69. The van der Waals surface area contributed by atoms with E-state index >= 15 is 0 Å². The number of amides is 1. The lowest BCUT2D eigenvalue weighted by Crippen LogP contribution is -2.10. The Morgan fingerprint density at radius 1 is 1.62 bits per heavy atom. The van der Waals surface area contributed by atoms with E-state index in [-0.39, 0.29) is 11.4 Å². The molecule has 69 valence electrons. The number of primary amides is 1. The second kappa shape index (κ2) is 4.23. The predicted octanol–water partition coefficient (Wildman–Crippen LogP) is 1.91. The maximum absolute atomic E-state index is 12.6. The molecule has 0 aliphatic carbocycles. The maximum atomic E-state index is 12.6. The van der Waals surface area contributed by atoms with E-state index in [1.807, 2.05) is 0 Å². The third kappa shape index (κ3) is 3.03. The minimum Gasteiger partial charge on any atom is -0.370 e. The number of hydrogen-bond acceptors (Lipinski definition) is 1. The van der Waals surface area contributed by atoms with Crippen molar-refractivity contribution >= 4 is 17.5 Å². The molecule has 0 heterocycles. The zero-order valence-corrected chi connectivity index (χ0v) is 7.51. The van der Waals surface area contributed by atoms with E-state index < -0.39 is 11.7 Å². The van der Waals surface area contributed by atoms with E-state index in [1.54, 1.807) is 6.42 Å². The van der Waals surface area contributed by atoms with E-state index in [9.17, 15) is 9.18 Å². The summed E-state index contributed by atoms with van der Waals surface area (Å²) < 4.78 is 12.6. The second-order valence-electron chi connectivity index (χ2n) is 2.54. The van der Waals surface area contributed by atoms with Crippen molar-refractivity contribution in [2.24, 2.45) is 5.73 Å². The van der Waals surface area contributed by atoms with Gasteiger partial charge in [0.15, 0.2) is 0 Å². The molecular formula is C9H8ClFNO. The first-order chi connectivity index (χ1) is 6.09. The van der Waals surface area contributed by atoms with Gasteiger partial charge in [0.25, 0.3) is 0 Å². The molecule has 0 aliphatic heterocycles. The topological polar surface area (TPSA) is 43.1 Å². The van der Waals surface area contributed by atoms with Crippen LogP contribution in [0.2, 0.25) is 5.02 Å². The van der Waals surface area contributed by atoms with Crippen LogP contribution in [-0.2, 0) is 4.79 Å². The Balaban J connectivity index is 2.72. The van der Waals surface area contributed by atoms with Gasteiger partial charge < -0.3 is 5.73 Å². The lowest BCUT2D eigenvalue weighted by molar-refractivity contribution is -0.117. The molecule has 0 saturated carbocycles. The van der Waals surface area contributed by atoms with E-state index in [1.165, 1.54) is 18.2 Å². The Kier molecular flexibility index (Phi) is 3.25. The van der Waals surface area contributed by atoms with Crippen molar-refractivity contribution < 1.29 is 9.18 Å². The average Bonchev–Trinajstić information content (AvgIpc) is 2.02. The summed E-state index contributed by atoms with van der Waals surface area (Å²) in [7, 11) is 0. The van der Waals surface area contributed by atoms with Gasteiger partial charge in [-0.2, -0.15) is 0 Å². The van der Waals surface area contributed by atoms with E-state index in [4.69, 9.17) is 17.3 Å². The molecule has 0 aromatic heterocycles. The molecule has 1 rings (SSSR count). The van der Waals surface area contributed by atoms with Crippen LogP contribution in [0.3, 0.4) is 0 Å². The zero-order valence-electron chi connectivity index (χ0n) is 6.76. The molecule has 1 radical (unpaired) electrons. The molecule has 0 atom stereocenters. The van der Waals surface area contributed by atoms with E-state index in [2.05, 4.69) is 0 Å². The van der Waals surface area contributed by atoms with Gasteiger partial charge in [-0.15, -0.1) is 0 Å². The summed E-state index contributed by atoms with van der Waals surface area (Å²) in [6.45, 7) is 0. The van der Waals surface area contributed by atoms with E-state index in [0.29, 0.717) is 5.56 Å². The highest BCUT2D eigenvalue weighted by Gasteiger charge is 2.03. The Hall–Kier alpha value is -1.09. The molecule has 2 N–H and O–H groups in total. The molecule has 4 heteroatoms. The van der Waals surface area contributed by atoms with Crippen LogP contribution in [0.5, 0.6) is 0 Å². The van der Waals surface area contributed by atoms with Crippen LogP contribution in [0.25, 0.3) is 0 Å². The largest absolute Gasteiger partial charge is 0.370 e. The number of carbonyl (C=O) groups excluding carboxylic acids is 1. The SMILES string of the molecule is NC(=O)C[CH]c1ccc(F)cc1Cl. The van der Waals surface area contributed by atoms with Gasteiger partial charge in [-0.3, -0.25) is 4.79 Å². The first-order valence-corrected chi connectivity index (χ1v) is 4.04.